The van der Waals surface area contributed by atoms with Crippen molar-refractivity contribution in [3.05, 3.63) is 29.8 Å². The number of carbonyl (C=O) groups excluding carboxylic acids is 2. The number of hydrogen-bond acceptors (Lipinski definition) is 4. The lowest BCUT2D eigenvalue weighted by Gasteiger charge is -2.36. The van der Waals surface area contributed by atoms with E-state index < -0.39 is 0 Å². The molecule has 6 nitrogen and oxygen atoms in total. The Hall–Kier alpha value is -1.34. The number of halogens is 2. The standard InChI is InChI=1S/C21H30N4O2.2ClH/c26-20(15-18-7-3-9-22-18)24-13-11-23(12-14-24)16-21(27)25-10-4-6-17-5-1-2-8-19(17)25;;/h1-2,5,8,18,22H,3-4,6-7,9-16H2;2*1H. The molecule has 1 atom stereocenters. The Morgan fingerprint density at radius 3 is 2.45 bits per heavy atom. The molecule has 29 heavy (non-hydrogen) atoms. The van der Waals surface area contributed by atoms with E-state index in [1.165, 1.54) is 12.0 Å². The van der Waals surface area contributed by atoms with E-state index >= 15 is 0 Å². The van der Waals surface area contributed by atoms with Crippen molar-refractivity contribution < 1.29 is 9.59 Å². The highest BCUT2D eigenvalue weighted by Gasteiger charge is 2.28. The van der Waals surface area contributed by atoms with E-state index in [9.17, 15) is 9.59 Å². The van der Waals surface area contributed by atoms with Crippen LogP contribution in [-0.4, -0.2) is 73.5 Å². The van der Waals surface area contributed by atoms with Gasteiger partial charge in [-0.1, -0.05) is 18.2 Å². The maximum absolute atomic E-state index is 12.9. The van der Waals surface area contributed by atoms with Crippen LogP contribution in [0.2, 0.25) is 0 Å². The normalized spacial score (nSPS) is 21.7. The van der Waals surface area contributed by atoms with Crippen molar-refractivity contribution in [2.24, 2.45) is 0 Å². The van der Waals surface area contributed by atoms with E-state index in [1.807, 2.05) is 21.9 Å². The molecule has 0 aliphatic carbocycles. The van der Waals surface area contributed by atoms with E-state index in [-0.39, 0.29) is 36.6 Å². The summed E-state index contributed by atoms with van der Waals surface area (Å²) in [5.74, 6) is 0.433. The van der Waals surface area contributed by atoms with Gasteiger partial charge in [-0.05, 0) is 43.9 Å². The second-order valence-corrected chi connectivity index (χ2v) is 7.93. The van der Waals surface area contributed by atoms with Crippen molar-refractivity contribution in [2.45, 2.75) is 38.1 Å². The van der Waals surface area contributed by atoms with Gasteiger partial charge in [0, 0.05) is 50.9 Å². The number of hydrogen-bond donors (Lipinski definition) is 1. The third kappa shape index (κ3) is 5.85. The fourth-order valence-electron chi connectivity index (χ4n) is 4.50. The Bertz CT molecular complexity index is 689. The summed E-state index contributed by atoms with van der Waals surface area (Å²) in [6, 6.07) is 8.59. The molecule has 0 radical (unpaired) electrons. The minimum atomic E-state index is 0. The average molecular weight is 443 g/mol. The number of nitrogens with one attached hydrogen (secondary N) is 1. The van der Waals surface area contributed by atoms with Gasteiger partial charge in [0.2, 0.25) is 11.8 Å². The highest BCUT2D eigenvalue weighted by atomic mass is 35.5. The summed E-state index contributed by atoms with van der Waals surface area (Å²) < 4.78 is 0. The first kappa shape index (κ1) is 23.9. The number of rotatable bonds is 4. The SMILES string of the molecule is Cl.Cl.O=C(CC1CCCN1)N1CCN(CC(=O)N2CCCc3ccccc32)CC1. The molecule has 0 spiro atoms. The first-order valence-electron chi connectivity index (χ1n) is 10.3. The van der Waals surface area contributed by atoms with Crippen LogP contribution in [-0.2, 0) is 16.0 Å². The number of amides is 2. The van der Waals surface area contributed by atoms with Crippen molar-refractivity contribution in [3.8, 4) is 0 Å². The van der Waals surface area contributed by atoms with Crippen molar-refractivity contribution in [1.82, 2.24) is 15.1 Å². The Labute approximate surface area is 185 Å². The molecule has 3 aliphatic rings. The zero-order chi connectivity index (χ0) is 18.6. The molecular weight excluding hydrogens is 411 g/mol. The lowest BCUT2D eigenvalue weighted by molar-refractivity contribution is -0.133. The maximum Gasteiger partial charge on any atom is 0.241 e. The third-order valence-corrected chi connectivity index (χ3v) is 6.08. The second-order valence-electron chi connectivity index (χ2n) is 7.93. The van der Waals surface area contributed by atoms with Crippen molar-refractivity contribution >= 4 is 42.3 Å². The van der Waals surface area contributed by atoms with Crippen LogP contribution in [0.1, 0.15) is 31.2 Å². The van der Waals surface area contributed by atoms with Crippen LogP contribution in [0.4, 0.5) is 5.69 Å². The first-order chi connectivity index (χ1) is 13.2. The molecule has 3 aliphatic heterocycles. The van der Waals surface area contributed by atoms with Gasteiger partial charge >= 0.3 is 0 Å². The number of benzene rings is 1. The fraction of sp³-hybridized carbons (Fsp3) is 0.619. The fourth-order valence-corrected chi connectivity index (χ4v) is 4.50. The van der Waals surface area contributed by atoms with Crippen molar-refractivity contribution in [2.75, 3.05) is 50.7 Å². The summed E-state index contributed by atoms with van der Waals surface area (Å²) in [4.78, 5) is 31.4. The smallest absolute Gasteiger partial charge is 0.241 e. The van der Waals surface area contributed by atoms with Gasteiger partial charge in [0.15, 0.2) is 0 Å². The molecule has 4 rings (SSSR count). The van der Waals surface area contributed by atoms with Crippen molar-refractivity contribution in [1.29, 1.82) is 0 Å². The molecule has 1 aromatic rings. The summed E-state index contributed by atoms with van der Waals surface area (Å²) >= 11 is 0. The third-order valence-electron chi connectivity index (χ3n) is 6.08. The van der Waals surface area contributed by atoms with Crippen molar-refractivity contribution in [3.63, 3.8) is 0 Å². The molecule has 162 valence electrons. The molecule has 2 amide bonds. The van der Waals surface area contributed by atoms with E-state index in [1.54, 1.807) is 0 Å². The molecule has 0 bridgehead atoms. The average Bonchev–Trinajstić information content (AvgIpc) is 3.21. The van der Waals surface area contributed by atoms with Gasteiger partial charge in [0.05, 0.1) is 6.54 Å². The van der Waals surface area contributed by atoms with Gasteiger partial charge in [-0.2, -0.15) is 0 Å². The van der Waals surface area contributed by atoms with Crippen LogP contribution in [0, 0.1) is 0 Å². The van der Waals surface area contributed by atoms with Crippen LogP contribution >= 0.6 is 24.8 Å². The predicted molar refractivity (Wildman–Crippen MR) is 120 cm³/mol. The number of carbonyl (C=O) groups is 2. The molecule has 1 aromatic carbocycles. The summed E-state index contributed by atoms with van der Waals surface area (Å²) in [5.41, 5.74) is 2.35. The van der Waals surface area contributed by atoms with Gasteiger partial charge in [-0.25, -0.2) is 0 Å². The number of fused-ring (bicyclic) bond motifs is 1. The van der Waals surface area contributed by atoms with E-state index in [0.29, 0.717) is 19.0 Å². The zero-order valence-electron chi connectivity index (χ0n) is 16.8. The largest absolute Gasteiger partial charge is 0.340 e. The number of anilines is 1. The first-order valence-corrected chi connectivity index (χ1v) is 10.3. The molecule has 0 aromatic heterocycles. The predicted octanol–water partition coefficient (Wildman–Crippen LogP) is 2.10. The molecule has 2 fully saturated rings. The minimum Gasteiger partial charge on any atom is -0.340 e. The number of piperazine rings is 1. The number of para-hydroxylation sites is 1. The van der Waals surface area contributed by atoms with Crippen LogP contribution < -0.4 is 10.2 Å². The van der Waals surface area contributed by atoms with Gasteiger partial charge in [-0.3, -0.25) is 14.5 Å². The van der Waals surface area contributed by atoms with Gasteiger partial charge in [-0.15, -0.1) is 24.8 Å². The van der Waals surface area contributed by atoms with E-state index in [2.05, 4.69) is 22.3 Å². The second kappa shape index (κ2) is 11.2. The Kier molecular flexibility index (Phi) is 9.21. The maximum atomic E-state index is 12.9. The lowest BCUT2D eigenvalue weighted by Crippen LogP contribution is -2.52. The summed E-state index contributed by atoms with van der Waals surface area (Å²) in [7, 11) is 0. The van der Waals surface area contributed by atoms with Gasteiger partial charge < -0.3 is 15.1 Å². The number of aryl methyl sites for hydroxylation is 1. The topological polar surface area (TPSA) is 55.9 Å². The van der Waals surface area contributed by atoms with Gasteiger partial charge in [0.25, 0.3) is 0 Å². The van der Waals surface area contributed by atoms with Crippen LogP contribution in [0.25, 0.3) is 0 Å². The Balaban J connectivity index is 0.00000150. The molecule has 1 unspecified atom stereocenters. The molecule has 2 saturated heterocycles. The highest BCUT2D eigenvalue weighted by Crippen LogP contribution is 2.26. The van der Waals surface area contributed by atoms with Crippen LogP contribution in [0.15, 0.2) is 24.3 Å². The summed E-state index contributed by atoms with van der Waals surface area (Å²) in [6.07, 6.45) is 4.98. The molecule has 1 N–H and O–H groups in total. The summed E-state index contributed by atoms with van der Waals surface area (Å²) in [5, 5.41) is 3.40. The van der Waals surface area contributed by atoms with Crippen LogP contribution in [0.5, 0.6) is 0 Å². The van der Waals surface area contributed by atoms with Crippen LogP contribution in [0.3, 0.4) is 0 Å². The highest BCUT2D eigenvalue weighted by molar-refractivity contribution is 5.96. The van der Waals surface area contributed by atoms with E-state index in [4.69, 9.17) is 0 Å². The summed E-state index contributed by atoms with van der Waals surface area (Å²) in [6.45, 7) is 5.32. The molecule has 3 heterocycles. The van der Waals surface area contributed by atoms with E-state index in [0.717, 1.165) is 64.2 Å². The Morgan fingerprint density at radius 1 is 0.966 bits per heavy atom. The zero-order valence-corrected chi connectivity index (χ0v) is 18.5. The molecule has 0 saturated carbocycles. The molecule has 8 heteroatoms. The monoisotopic (exact) mass is 442 g/mol. The lowest BCUT2D eigenvalue weighted by atomic mass is 10.0. The molecular formula is C21H32Cl2N4O2. The number of nitrogens with zero attached hydrogens (tertiary/aromatic N) is 3. The quantitative estimate of drug-likeness (QED) is 0.775. The minimum absolute atomic E-state index is 0. The van der Waals surface area contributed by atoms with Gasteiger partial charge in [0.1, 0.15) is 0 Å². The Morgan fingerprint density at radius 2 is 1.72 bits per heavy atom.